The first-order chi connectivity index (χ1) is 11.6. The van der Waals surface area contributed by atoms with Crippen molar-refractivity contribution in [2.45, 2.75) is 49.7 Å². The fourth-order valence-electron chi connectivity index (χ4n) is 3.64. The third kappa shape index (κ3) is 4.52. The number of carbonyl (C=O) groups excluding carboxylic acids is 1. The molecule has 3 rings (SSSR count). The molecule has 24 heavy (non-hydrogen) atoms. The van der Waals surface area contributed by atoms with E-state index in [0.717, 1.165) is 44.8 Å². The van der Waals surface area contributed by atoms with Crippen LogP contribution in [0.2, 0.25) is 0 Å². The van der Waals surface area contributed by atoms with E-state index in [1.807, 2.05) is 12.1 Å². The second-order valence-corrected chi connectivity index (χ2v) is 7.98. The SMILES string of the molecule is C[C@@H]1CN(CCCCNC(=O)[C@@H]2CSc3ccccc32)C[C@@H](C)O1. The summed E-state index contributed by atoms with van der Waals surface area (Å²) < 4.78 is 5.76. The second-order valence-electron chi connectivity index (χ2n) is 6.92. The van der Waals surface area contributed by atoms with Gasteiger partial charge in [0.15, 0.2) is 0 Å². The molecule has 5 heteroatoms. The van der Waals surface area contributed by atoms with Crippen LogP contribution < -0.4 is 5.32 Å². The summed E-state index contributed by atoms with van der Waals surface area (Å²) in [5.41, 5.74) is 1.19. The fourth-order valence-corrected chi connectivity index (χ4v) is 4.87. The van der Waals surface area contributed by atoms with E-state index in [1.165, 1.54) is 10.5 Å². The number of morpholine rings is 1. The van der Waals surface area contributed by atoms with Crippen LogP contribution in [0.15, 0.2) is 29.2 Å². The molecule has 0 unspecified atom stereocenters. The zero-order valence-corrected chi connectivity index (χ0v) is 15.5. The highest BCUT2D eigenvalue weighted by Gasteiger charge is 2.28. The first kappa shape index (κ1) is 17.8. The van der Waals surface area contributed by atoms with Crippen molar-refractivity contribution in [3.05, 3.63) is 29.8 Å². The Hall–Kier alpha value is -1.04. The number of unbranched alkanes of at least 4 members (excludes halogenated alkanes) is 1. The molecule has 1 aromatic rings. The van der Waals surface area contributed by atoms with Crippen molar-refractivity contribution in [3.8, 4) is 0 Å². The van der Waals surface area contributed by atoms with Crippen LogP contribution >= 0.6 is 11.8 Å². The predicted molar refractivity (Wildman–Crippen MR) is 98.6 cm³/mol. The molecule has 0 aliphatic carbocycles. The fraction of sp³-hybridized carbons (Fsp3) is 0.632. The minimum atomic E-state index is 0.0205. The molecular formula is C19H28N2O2S. The third-order valence-corrected chi connectivity index (χ3v) is 5.89. The van der Waals surface area contributed by atoms with Crippen LogP contribution in [-0.4, -0.2) is 54.9 Å². The number of nitrogens with zero attached hydrogens (tertiary/aromatic N) is 1. The lowest BCUT2D eigenvalue weighted by Crippen LogP contribution is -2.45. The average Bonchev–Trinajstić information content (AvgIpc) is 2.97. The summed E-state index contributed by atoms with van der Waals surface area (Å²) in [5.74, 6) is 1.07. The molecule has 1 aromatic carbocycles. The Morgan fingerprint density at radius 3 is 2.79 bits per heavy atom. The number of fused-ring (bicyclic) bond motifs is 1. The normalized spacial score (nSPS) is 27.0. The van der Waals surface area contributed by atoms with Crippen molar-refractivity contribution in [2.24, 2.45) is 0 Å². The predicted octanol–water partition coefficient (Wildman–Crippen LogP) is 2.88. The van der Waals surface area contributed by atoms with Gasteiger partial charge in [0, 0.05) is 30.3 Å². The molecule has 1 fully saturated rings. The van der Waals surface area contributed by atoms with Gasteiger partial charge < -0.3 is 10.1 Å². The number of amides is 1. The highest BCUT2D eigenvalue weighted by molar-refractivity contribution is 7.99. The maximum Gasteiger partial charge on any atom is 0.228 e. The van der Waals surface area contributed by atoms with Gasteiger partial charge in [-0.15, -0.1) is 11.8 Å². The van der Waals surface area contributed by atoms with Crippen LogP contribution in [0.25, 0.3) is 0 Å². The zero-order chi connectivity index (χ0) is 16.9. The molecule has 4 nitrogen and oxygen atoms in total. The lowest BCUT2D eigenvalue weighted by atomic mass is 10.0. The summed E-state index contributed by atoms with van der Waals surface area (Å²) in [6.07, 6.45) is 2.81. The Bertz CT molecular complexity index is 556. The van der Waals surface area contributed by atoms with Gasteiger partial charge in [0.2, 0.25) is 5.91 Å². The molecule has 2 aliphatic rings. The molecule has 132 valence electrons. The summed E-state index contributed by atoms with van der Waals surface area (Å²) in [4.78, 5) is 16.1. The van der Waals surface area contributed by atoms with Gasteiger partial charge in [-0.2, -0.15) is 0 Å². The first-order valence-electron chi connectivity index (χ1n) is 9.00. The Morgan fingerprint density at radius 2 is 2.00 bits per heavy atom. The Kier molecular flexibility index (Phi) is 6.19. The van der Waals surface area contributed by atoms with E-state index < -0.39 is 0 Å². The van der Waals surface area contributed by atoms with Crippen LogP contribution in [0.4, 0.5) is 0 Å². The molecular weight excluding hydrogens is 320 g/mol. The molecule has 0 radical (unpaired) electrons. The number of rotatable bonds is 6. The summed E-state index contributed by atoms with van der Waals surface area (Å²) in [5, 5.41) is 3.13. The van der Waals surface area contributed by atoms with Gasteiger partial charge in [0.25, 0.3) is 0 Å². The lowest BCUT2D eigenvalue weighted by Gasteiger charge is -2.35. The molecule has 1 amide bonds. The minimum absolute atomic E-state index is 0.0205. The number of ether oxygens (including phenoxy) is 1. The van der Waals surface area contributed by atoms with Crippen molar-refractivity contribution >= 4 is 17.7 Å². The van der Waals surface area contributed by atoms with E-state index in [-0.39, 0.29) is 11.8 Å². The van der Waals surface area contributed by atoms with Crippen molar-refractivity contribution < 1.29 is 9.53 Å². The van der Waals surface area contributed by atoms with Crippen molar-refractivity contribution in [1.29, 1.82) is 0 Å². The van der Waals surface area contributed by atoms with Gasteiger partial charge >= 0.3 is 0 Å². The number of thioether (sulfide) groups is 1. The van der Waals surface area contributed by atoms with Gasteiger partial charge in [-0.1, -0.05) is 18.2 Å². The molecule has 0 aromatic heterocycles. The summed E-state index contributed by atoms with van der Waals surface area (Å²) >= 11 is 1.79. The number of benzene rings is 1. The Morgan fingerprint density at radius 1 is 1.25 bits per heavy atom. The Balaban J connectivity index is 1.35. The largest absolute Gasteiger partial charge is 0.373 e. The number of hydrogen-bond acceptors (Lipinski definition) is 4. The maximum absolute atomic E-state index is 12.4. The monoisotopic (exact) mass is 348 g/mol. The molecule has 1 saturated heterocycles. The van der Waals surface area contributed by atoms with Crippen LogP contribution in [0.3, 0.4) is 0 Å². The van der Waals surface area contributed by atoms with Crippen molar-refractivity contribution in [1.82, 2.24) is 10.2 Å². The van der Waals surface area contributed by atoms with Crippen LogP contribution in [0.1, 0.15) is 38.2 Å². The van der Waals surface area contributed by atoms with Crippen LogP contribution in [-0.2, 0) is 9.53 Å². The van der Waals surface area contributed by atoms with Gasteiger partial charge in [-0.25, -0.2) is 0 Å². The highest BCUT2D eigenvalue weighted by Crippen LogP contribution is 2.39. The molecule has 2 heterocycles. The summed E-state index contributed by atoms with van der Waals surface area (Å²) in [7, 11) is 0. The van der Waals surface area contributed by atoms with Crippen LogP contribution in [0.5, 0.6) is 0 Å². The summed E-state index contributed by atoms with van der Waals surface area (Å²) in [6.45, 7) is 8.19. The van der Waals surface area contributed by atoms with E-state index in [0.29, 0.717) is 12.2 Å². The second kappa shape index (κ2) is 8.37. The van der Waals surface area contributed by atoms with Crippen LogP contribution in [0, 0.1) is 0 Å². The maximum atomic E-state index is 12.4. The molecule has 1 N–H and O–H groups in total. The number of hydrogen-bond donors (Lipinski definition) is 1. The quantitative estimate of drug-likeness (QED) is 0.803. The van der Waals surface area contributed by atoms with Gasteiger partial charge in [0.05, 0.1) is 18.1 Å². The zero-order valence-electron chi connectivity index (χ0n) is 14.7. The highest BCUT2D eigenvalue weighted by atomic mass is 32.2. The van der Waals surface area contributed by atoms with Crippen molar-refractivity contribution in [3.63, 3.8) is 0 Å². The molecule has 0 saturated carbocycles. The van der Waals surface area contributed by atoms with E-state index >= 15 is 0 Å². The number of carbonyl (C=O) groups is 1. The Labute approximate surface area is 149 Å². The topological polar surface area (TPSA) is 41.6 Å². The lowest BCUT2D eigenvalue weighted by molar-refractivity contribution is -0.122. The number of nitrogens with one attached hydrogen (secondary N) is 1. The smallest absolute Gasteiger partial charge is 0.228 e. The molecule has 0 spiro atoms. The standard InChI is InChI=1S/C19H28N2O2S/c1-14-11-21(12-15(2)23-14)10-6-5-9-20-19(22)17-13-24-18-8-4-3-7-16(17)18/h3-4,7-8,14-15,17H,5-6,9-13H2,1-2H3,(H,20,22)/t14-,15-,17-/m1/s1. The summed E-state index contributed by atoms with van der Waals surface area (Å²) in [6, 6.07) is 8.26. The van der Waals surface area contributed by atoms with E-state index in [4.69, 9.17) is 4.74 Å². The van der Waals surface area contributed by atoms with E-state index in [9.17, 15) is 4.79 Å². The molecule has 2 aliphatic heterocycles. The van der Waals surface area contributed by atoms with E-state index in [1.54, 1.807) is 11.8 Å². The molecule has 0 bridgehead atoms. The molecule has 3 atom stereocenters. The van der Waals surface area contributed by atoms with Gasteiger partial charge in [-0.05, 0) is 44.9 Å². The van der Waals surface area contributed by atoms with E-state index in [2.05, 4.69) is 36.2 Å². The van der Waals surface area contributed by atoms with Gasteiger partial charge in [-0.3, -0.25) is 9.69 Å². The minimum Gasteiger partial charge on any atom is -0.373 e. The first-order valence-corrected chi connectivity index (χ1v) is 9.99. The average molecular weight is 349 g/mol. The third-order valence-electron chi connectivity index (χ3n) is 4.71. The van der Waals surface area contributed by atoms with Gasteiger partial charge in [0.1, 0.15) is 0 Å². The van der Waals surface area contributed by atoms with Crippen molar-refractivity contribution in [2.75, 3.05) is 31.9 Å².